The Labute approximate surface area is 199 Å². The summed E-state index contributed by atoms with van der Waals surface area (Å²) in [6.07, 6.45) is 1.43. The van der Waals surface area contributed by atoms with Crippen molar-refractivity contribution in [3.8, 4) is 11.5 Å². The van der Waals surface area contributed by atoms with Crippen LogP contribution < -0.4 is 14.9 Å². The van der Waals surface area contributed by atoms with Gasteiger partial charge in [-0.15, -0.1) is 0 Å². The van der Waals surface area contributed by atoms with Gasteiger partial charge in [0.25, 0.3) is 11.6 Å². The average Bonchev–Trinajstić information content (AvgIpc) is 2.79. The molecule has 3 aromatic rings. The van der Waals surface area contributed by atoms with Gasteiger partial charge in [-0.3, -0.25) is 14.9 Å². The second-order valence-electron chi connectivity index (χ2n) is 6.67. The first-order valence-electron chi connectivity index (χ1n) is 9.79. The summed E-state index contributed by atoms with van der Waals surface area (Å²) in [6, 6.07) is 15.7. The van der Waals surface area contributed by atoms with Crippen molar-refractivity contribution < 1.29 is 19.2 Å². The van der Waals surface area contributed by atoms with Gasteiger partial charge >= 0.3 is 0 Å². The molecule has 10 heteroatoms. The summed E-state index contributed by atoms with van der Waals surface area (Å²) in [5, 5.41) is 15.8. The van der Waals surface area contributed by atoms with Crippen LogP contribution in [-0.2, 0) is 6.61 Å². The van der Waals surface area contributed by atoms with Gasteiger partial charge in [0.2, 0.25) is 0 Å². The fourth-order valence-corrected chi connectivity index (χ4v) is 3.24. The Morgan fingerprint density at radius 3 is 2.64 bits per heavy atom. The number of nitro benzene ring substituents is 1. The van der Waals surface area contributed by atoms with Crippen LogP contribution in [0.4, 0.5) is 5.69 Å². The molecule has 3 aromatic carbocycles. The second kappa shape index (κ2) is 11.3. The van der Waals surface area contributed by atoms with Crippen LogP contribution in [0.3, 0.4) is 0 Å². The largest absolute Gasteiger partial charge is 0.490 e. The van der Waals surface area contributed by atoms with Crippen LogP contribution in [0.2, 0.25) is 10.0 Å². The molecule has 33 heavy (non-hydrogen) atoms. The Balaban J connectivity index is 1.67. The van der Waals surface area contributed by atoms with E-state index in [4.69, 9.17) is 32.7 Å². The van der Waals surface area contributed by atoms with E-state index in [1.807, 2.05) is 6.92 Å². The van der Waals surface area contributed by atoms with Gasteiger partial charge in [-0.05, 0) is 48.9 Å². The molecule has 1 N–H and O–H groups in total. The van der Waals surface area contributed by atoms with Gasteiger partial charge in [-0.25, -0.2) is 5.43 Å². The molecule has 0 bridgehead atoms. The summed E-state index contributed by atoms with van der Waals surface area (Å²) in [5.41, 5.74) is 3.72. The Kier molecular flexibility index (Phi) is 8.23. The summed E-state index contributed by atoms with van der Waals surface area (Å²) in [4.78, 5) is 22.5. The van der Waals surface area contributed by atoms with E-state index < -0.39 is 10.8 Å². The van der Waals surface area contributed by atoms with Gasteiger partial charge in [0, 0.05) is 33.3 Å². The first-order valence-corrected chi connectivity index (χ1v) is 10.5. The Bertz CT molecular complexity index is 1200. The standard InChI is InChI=1S/C23H19Cl2N3O5/c1-2-32-22-10-15(6-9-21(22)33-14-17-7-8-18(24)12-20(17)25)13-26-27-23(29)16-4-3-5-19(11-16)28(30)31/h3-13H,2,14H2,1H3,(H,27,29)/b26-13-. The zero-order valence-corrected chi connectivity index (χ0v) is 19.0. The number of halogens is 2. The predicted octanol–water partition coefficient (Wildman–Crippen LogP) is 5.64. The summed E-state index contributed by atoms with van der Waals surface area (Å²) in [6.45, 7) is 2.49. The number of non-ortho nitro benzene ring substituents is 1. The summed E-state index contributed by atoms with van der Waals surface area (Å²) in [7, 11) is 0. The molecule has 0 aliphatic heterocycles. The Hall–Kier alpha value is -3.62. The average molecular weight is 488 g/mol. The molecular formula is C23H19Cl2N3O5. The quantitative estimate of drug-likeness (QED) is 0.239. The van der Waals surface area contributed by atoms with Crippen molar-refractivity contribution in [3.05, 3.63) is 97.5 Å². The number of nitrogens with zero attached hydrogens (tertiary/aromatic N) is 2. The monoisotopic (exact) mass is 487 g/mol. The van der Waals surface area contributed by atoms with E-state index in [2.05, 4.69) is 10.5 Å². The molecule has 0 spiro atoms. The predicted molar refractivity (Wildman–Crippen MR) is 127 cm³/mol. The molecule has 0 unspecified atom stereocenters. The van der Waals surface area contributed by atoms with Gasteiger partial charge in [-0.1, -0.05) is 35.3 Å². The number of rotatable bonds is 9. The van der Waals surface area contributed by atoms with Gasteiger partial charge < -0.3 is 9.47 Å². The van der Waals surface area contributed by atoms with Gasteiger partial charge in [0.05, 0.1) is 17.7 Å². The lowest BCUT2D eigenvalue weighted by Gasteiger charge is -2.13. The van der Waals surface area contributed by atoms with Crippen molar-refractivity contribution in [1.29, 1.82) is 0 Å². The van der Waals surface area contributed by atoms with E-state index in [0.29, 0.717) is 33.7 Å². The molecule has 0 fully saturated rings. The number of ether oxygens (including phenoxy) is 2. The molecule has 3 rings (SSSR count). The summed E-state index contributed by atoms with van der Waals surface area (Å²) < 4.78 is 11.5. The Morgan fingerprint density at radius 2 is 1.91 bits per heavy atom. The smallest absolute Gasteiger partial charge is 0.271 e. The highest BCUT2D eigenvalue weighted by atomic mass is 35.5. The lowest BCUT2D eigenvalue weighted by atomic mass is 10.2. The SMILES string of the molecule is CCOc1cc(/C=N\NC(=O)c2cccc([N+](=O)[O-])c2)ccc1OCc1ccc(Cl)cc1Cl. The molecule has 0 aliphatic rings. The number of carbonyl (C=O) groups is 1. The van der Waals surface area contributed by atoms with Crippen LogP contribution in [0.5, 0.6) is 11.5 Å². The van der Waals surface area contributed by atoms with Crippen molar-refractivity contribution in [1.82, 2.24) is 5.43 Å². The van der Waals surface area contributed by atoms with Crippen molar-refractivity contribution in [3.63, 3.8) is 0 Å². The minimum atomic E-state index is -0.570. The van der Waals surface area contributed by atoms with Crippen LogP contribution >= 0.6 is 23.2 Å². The third-order valence-corrected chi connectivity index (χ3v) is 4.95. The van der Waals surface area contributed by atoms with Crippen molar-refractivity contribution >= 4 is 41.0 Å². The highest BCUT2D eigenvalue weighted by molar-refractivity contribution is 6.35. The number of hydrazone groups is 1. The lowest BCUT2D eigenvalue weighted by Crippen LogP contribution is -2.17. The van der Waals surface area contributed by atoms with Crippen molar-refractivity contribution in [2.45, 2.75) is 13.5 Å². The molecule has 170 valence electrons. The third-order valence-electron chi connectivity index (χ3n) is 4.36. The maximum Gasteiger partial charge on any atom is 0.271 e. The fraction of sp³-hybridized carbons (Fsp3) is 0.130. The normalized spacial score (nSPS) is 10.8. The van der Waals surface area contributed by atoms with E-state index in [9.17, 15) is 14.9 Å². The van der Waals surface area contributed by atoms with E-state index in [1.165, 1.54) is 30.5 Å². The highest BCUT2D eigenvalue weighted by Gasteiger charge is 2.11. The first-order chi connectivity index (χ1) is 15.9. The molecule has 0 saturated carbocycles. The maximum atomic E-state index is 12.2. The second-order valence-corrected chi connectivity index (χ2v) is 7.51. The molecule has 8 nitrogen and oxygen atoms in total. The van der Waals surface area contributed by atoms with E-state index >= 15 is 0 Å². The maximum absolute atomic E-state index is 12.2. The number of hydrogen-bond acceptors (Lipinski definition) is 6. The van der Waals surface area contributed by atoms with Gasteiger partial charge in [0.1, 0.15) is 6.61 Å². The molecule has 1 amide bonds. The van der Waals surface area contributed by atoms with Crippen LogP contribution in [0.15, 0.2) is 65.8 Å². The number of amides is 1. The lowest BCUT2D eigenvalue weighted by molar-refractivity contribution is -0.384. The van der Waals surface area contributed by atoms with E-state index in [0.717, 1.165) is 5.56 Å². The number of carbonyl (C=O) groups excluding carboxylic acids is 1. The zero-order valence-electron chi connectivity index (χ0n) is 17.5. The molecule has 0 saturated heterocycles. The Morgan fingerprint density at radius 1 is 1.09 bits per heavy atom. The van der Waals surface area contributed by atoms with Gasteiger partial charge in [0.15, 0.2) is 11.5 Å². The zero-order chi connectivity index (χ0) is 23.8. The molecular weight excluding hydrogens is 469 g/mol. The fourth-order valence-electron chi connectivity index (χ4n) is 2.78. The molecule has 0 heterocycles. The highest BCUT2D eigenvalue weighted by Crippen LogP contribution is 2.30. The third kappa shape index (κ3) is 6.68. The number of nitrogens with one attached hydrogen (secondary N) is 1. The minimum Gasteiger partial charge on any atom is -0.490 e. The first kappa shape index (κ1) is 24.0. The number of nitro groups is 1. The molecule has 0 aromatic heterocycles. The topological polar surface area (TPSA) is 103 Å². The van der Waals surface area contributed by atoms with Gasteiger partial charge in [-0.2, -0.15) is 5.10 Å². The minimum absolute atomic E-state index is 0.126. The van der Waals surface area contributed by atoms with Crippen LogP contribution in [0.1, 0.15) is 28.4 Å². The van der Waals surface area contributed by atoms with Crippen LogP contribution in [0, 0.1) is 10.1 Å². The molecule has 0 aliphatic carbocycles. The number of benzene rings is 3. The molecule has 0 atom stereocenters. The van der Waals surface area contributed by atoms with Crippen LogP contribution in [-0.4, -0.2) is 23.7 Å². The number of hydrogen-bond donors (Lipinski definition) is 1. The van der Waals surface area contributed by atoms with Crippen molar-refractivity contribution in [2.24, 2.45) is 5.10 Å². The molecule has 0 radical (unpaired) electrons. The van der Waals surface area contributed by atoms with Crippen LogP contribution in [0.25, 0.3) is 0 Å². The van der Waals surface area contributed by atoms with E-state index in [1.54, 1.807) is 36.4 Å². The van der Waals surface area contributed by atoms with E-state index in [-0.39, 0.29) is 17.9 Å². The van der Waals surface area contributed by atoms with Crippen molar-refractivity contribution in [2.75, 3.05) is 6.61 Å². The summed E-state index contributed by atoms with van der Waals surface area (Å²) >= 11 is 12.1. The summed E-state index contributed by atoms with van der Waals surface area (Å²) in [5.74, 6) is 0.442.